The van der Waals surface area contributed by atoms with E-state index in [2.05, 4.69) is 10.2 Å². The van der Waals surface area contributed by atoms with Crippen LogP contribution in [0.1, 0.15) is 6.92 Å². The zero-order valence-corrected chi connectivity index (χ0v) is 15.6. The number of nitrogens with one attached hydrogen (secondary N) is 1. The average Bonchev–Trinajstić information content (AvgIpc) is 2.65. The SMILES string of the molecule is CC(Sc1ccccc1Cl)C(=O)Nc1ccc(N2CCOCC2)cc1. The van der Waals surface area contributed by atoms with Gasteiger partial charge in [0.15, 0.2) is 0 Å². The molecule has 1 unspecified atom stereocenters. The summed E-state index contributed by atoms with van der Waals surface area (Å²) in [7, 11) is 0. The fourth-order valence-corrected chi connectivity index (χ4v) is 3.76. The van der Waals surface area contributed by atoms with Crippen molar-refractivity contribution >= 4 is 40.6 Å². The van der Waals surface area contributed by atoms with Gasteiger partial charge in [-0.15, -0.1) is 11.8 Å². The van der Waals surface area contributed by atoms with E-state index in [4.69, 9.17) is 16.3 Å². The molecular weight excluding hydrogens is 356 g/mol. The topological polar surface area (TPSA) is 41.6 Å². The lowest BCUT2D eigenvalue weighted by atomic mass is 10.2. The molecule has 0 aliphatic carbocycles. The molecule has 0 aromatic heterocycles. The Kier molecular flexibility index (Phi) is 6.24. The Bertz CT molecular complexity index is 718. The molecule has 1 heterocycles. The number of rotatable bonds is 5. The van der Waals surface area contributed by atoms with Gasteiger partial charge < -0.3 is 15.0 Å². The van der Waals surface area contributed by atoms with E-state index in [0.717, 1.165) is 42.6 Å². The predicted molar refractivity (Wildman–Crippen MR) is 105 cm³/mol. The summed E-state index contributed by atoms with van der Waals surface area (Å²) < 4.78 is 5.37. The van der Waals surface area contributed by atoms with E-state index in [1.165, 1.54) is 11.8 Å². The molecule has 2 aromatic carbocycles. The van der Waals surface area contributed by atoms with Crippen molar-refractivity contribution in [1.82, 2.24) is 0 Å². The summed E-state index contributed by atoms with van der Waals surface area (Å²) in [6, 6.07) is 15.5. The van der Waals surface area contributed by atoms with Gasteiger partial charge in [0.25, 0.3) is 0 Å². The Hall–Kier alpha value is -1.69. The number of nitrogens with zero attached hydrogens (tertiary/aromatic N) is 1. The second kappa shape index (κ2) is 8.61. The second-order valence-electron chi connectivity index (χ2n) is 5.83. The summed E-state index contributed by atoms with van der Waals surface area (Å²) >= 11 is 7.62. The standard InChI is InChI=1S/C19H21ClN2O2S/c1-14(25-18-5-3-2-4-17(18)20)19(23)21-15-6-8-16(9-7-15)22-10-12-24-13-11-22/h2-9,14H,10-13H2,1H3,(H,21,23). The van der Waals surface area contributed by atoms with Gasteiger partial charge in [0.1, 0.15) is 0 Å². The number of benzene rings is 2. The van der Waals surface area contributed by atoms with Crippen molar-refractivity contribution in [2.75, 3.05) is 36.5 Å². The van der Waals surface area contributed by atoms with Gasteiger partial charge in [-0.05, 0) is 43.3 Å². The third-order valence-corrected chi connectivity index (χ3v) is 5.64. The maximum atomic E-state index is 12.4. The Labute approximate surface area is 157 Å². The third kappa shape index (κ3) is 4.91. The molecule has 1 fully saturated rings. The number of carbonyl (C=O) groups excluding carboxylic acids is 1. The van der Waals surface area contributed by atoms with E-state index in [9.17, 15) is 4.79 Å². The molecule has 3 rings (SSSR count). The number of morpholine rings is 1. The minimum Gasteiger partial charge on any atom is -0.378 e. The van der Waals surface area contributed by atoms with Crippen LogP contribution >= 0.6 is 23.4 Å². The van der Waals surface area contributed by atoms with Gasteiger partial charge in [-0.2, -0.15) is 0 Å². The molecule has 132 valence electrons. The highest BCUT2D eigenvalue weighted by Gasteiger charge is 2.16. The summed E-state index contributed by atoms with van der Waals surface area (Å²) in [5.41, 5.74) is 1.95. The van der Waals surface area contributed by atoms with Crippen LogP contribution < -0.4 is 10.2 Å². The number of hydrogen-bond donors (Lipinski definition) is 1. The molecule has 1 aliphatic rings. The number of hydrogen-bond acceptors (Lipinski definition) is 4. The number of anilines is 2. The van der Waals surface area contributed by atoms with Crippen molar-refractivity contribution in [3.8, 4) is 0 Å². The van der Waals surface area contributed by atoms with Crippen LogP contribution in [0, 0.1) is 0 Å². The normalized spacial score (nSPS) is 15.7. The molecule has 6 heteroatoms. The fraction of sp³-hybridized carbons (Fsp3) is 0.316. The molecule has 4 nitrogen and oxygen atoms in total. The first-order valence-electron chi connectivity index (χ1n) is 8.28. The molecule has 1 aliphatic heterocycles. The van der Waals surface area contributed by atoms with E-state index < -0.39 is 0 Å². The van der Waals surface area contributed by atoms with Crippen LogP contribution in [0.5, 0.6) is 0 Å². The molecule has 1 amide bonds. The van der Waals surface area contributed by atoms with Gasteiger partial charge in [0.05, 0.1) is 23.5 Å². The van der Waals surface area contributed by atoms with Gasteiger partial charge in [-0.1, -0.05) is 23.7 Å². The summed E-state index contributed by atoms with van der Waals surface area (Å²) in [4.78, 5) is 15.6. The summed E-state index contributed by atoms with van der Waals surface area (Å²) in [5, 5.41) is 3.40. The van der Waals surface area contributed by atoms with Crippen LogP contribution in [0.15, 0.2) is 53.4 Å². The zero-order valence-electron chi connectivity index (χ0n) is 14.1. The van der Waals surface area contributed by atoms with Crippen LogP contribution in [0.25, 0.3) is 0 Å². The van der Waals surface area contributed by atoms with Gasteiger partial charge >= 0.3 is 0 Å². The first-order valence-corrected chi connectivity index (χ1v) is 9.54. The van der Waals surface area contributed by atoms with Gasteiger partial charge in [0.2, 0.25) is 5.91 Å². The van der Waals surface area contributed by atoms with Crippen molar-refractivity contribution < 1.29 is 9.53 Å². The van der Waals surface area contributed by atoms with E-state index in [-0.39, 0.29) is 11.2 Å². The number of amides is 1. The smallest absolute Gasteiger partial charge is 0.237 e. The number of ether oxygens (including phenoxy) is 1. The van der Waals surface area contributed by atoms with Gasteiger partial charge in [0, 0.05) is 29.4 Å². The quantitative estimate of drug-likeness (QED) is 0.790. The van der Waals surface area contributed by atoms with Crippen LogP contribution in [0.4, 0.5) is 11.4 Å². The van der Waals surface area contributed by atoms with Crippen molar-refractivity contribution in [1.29, 1.82) is 0 Å². The van der Waals surface area contributed by atoms with E-state index in [1.54, 1.807) is 0 Å². The Morgan fingerprint density at radius 2 is 1.84 bits per heavy atom. The predicted octanol–water partition coefficient (Wildman–Crippen LogP) is 4.30. The highest BCUT2D eigenvalue weighted by molar-refractivity contribution is 8.00. The molecule has 0 radical (unpaired) electrons. The highest BCUT2D eigenvalue weighted by atomic mass is 35.5. The average molecular weight is 377 g/mol. The largest absolute Gasteiger partial charge is 0.378 e. The minimum absolute atomic E-state index is 0.0379. The molecule has 2 aromatic rings. The molecule has 0 saturated carbocycles. The lowest BCUT2D eigenvalue weighted by Gasteiger charge is -2.28. The van der Waals surface area contributed by atoms with Crippen LogP contribution in [0.3, 0.4) is 0 Å². The maximum Gasteiger partial charge on any atom is 0.237 e. The van der Waals surface area contributed by atoms with E-state index >= 15 is 0 Å². The summed E-state index contributed by atoms with van der Waals surface area (Å²) in [6.45, 7) is 5.20. The molecule has 1 N–H and O–H groups in total. The zero-order chi connectivity index (χ0) is 17.6. The third-order valence-electron chi connectivity index (χ3n) is 4.02. The number of halogens is 1. The van der Waals surface area contributed by atoms with Crippen molar-refractivity contribution in [2.45, 2.75) is 17.1 Å². The molecule has 1 atom stereocenters. The number of thioether (sulfide) groups is 1. The summed E-state index contributed by atoms with van der Waals surface area (Å²) in [6.07, 6.45) is 0. The maximum absolute atomic E-state index is 12.4. The van der Waals surface area contributed by atoms with Crippen LogP contribution in [0.2, 0.25) is 5.02 Å². The van der Waals surface area contributed by atoms with Crippen LogP contribution in [-0.2, 0) is 9.53 Å². The lowest BCUT2D eigenvalue weighted by Crippen LogP contribution is -2.36. The van der Waals surface area contributed by atoms with Crippen molar-refractivity contribution in [3.63, 3.8) is 0 Å². The molecule has 0 bridgehead atoms. The fourth-order valence-electron chi connectivity index (χ4n) is 2.61. The highest BCUT2D eigenvalue weighted by Crippen LogP contribution is 2.30. The monoisotopic (exact) mass is 376 g/mol. The van der Waals surface area contributed by atoms with Gasteiger partial charge in [-0.3, -0.25) is 4.79 Å². The summed E-state index contributed by atoms with van der Waals surface area (Å²) in [5.74, 6) is -0.0379. The molecule has 25 heavy (non-hydrogen) atoms. The first-order chi connectivity index (χ1) is 12.1. The van der Waals surface area contributed by atoms with E-state index in [0.29, 0.717) is 5.02 Å². The minimum atomic E-state index is -0.237. The lowest BCUT2D eigenvalue weighted by molar-refractivity contribution is -0.115. The van der Waals surface area contributed by atoms with Gasteiger partial charge in [-0.25, -0.2) is 0 Å². The molecule has 0 spiro atoms. The van der Waals surface area contributed by atoms with Crippen molar-refractivity contribution in [3.05, 3.63) is 53.6 Å². The molecular formula is C19H21ClN2O2S. The Balaban J connectivity index is 1.57. The Morgan fingerprint density at radius 3 is 2.52 bits per heavy atom. The second-order valence-corrected chi connectivity index (χ2v) is 7.62. The van der Waals surface area contributed by atoms with Crippen molar-refractivity contribution in [2.24, 2.45) is 0 Å². The van der Waals surface area contributed by atoms with Crippen LogP contribution in [-0.4, -0.2) is 37.5 Å². The number of carbonyl (C=O) groups is 1. The first kappa shape index (κ1) is 18.1. The Morgan fingerprint density at radius 1 is 1.16 bits per heavy atom. The molecule has 1 saturated heterocycles. The van der Waals surface area contributed by atoms with E-state index in [1.807, 2.05) is 55.5 Å².